The molecule has 3 nitrogen and oxygen atoms in total. The molecule has 0 atom stereocenters. The van der Waals surface area contributed by atoms with Crippen LogP contribution in [0.4, 0.5) is 0 Å². The van der Waals surface area contributed by atoms with E-state index < -0.39 is 0 Å². The summed E-state index contributed by atoms with van der Waals surface area (Å²) < 4.78 is 16.0. The Morgan fingerprint density at radius 2 is 1.93 bits per heavy atom. The third-order valence-electron chi connectivity index (χ3n) is 2.10. The lowest BCUT2D eigenvalue weighted by Gasteiger charge is -2.10. The lowest BCUT2D eigenvalue weighted by atomic mass is 10.2. The Kier molecular flexibility index (Phi) is 3.23. The predicted octanol–water partition coefficient (Wildman–Crippen LogP) is 1.42. The van der Waals surface area contributed by atoms with Crippen molar-refractivity contribution in [2.45, 2.75) is 6.29 Å². The number of ether oxygens (including phenoxy) is 3. The van der Waals surface area contributed by atoms with Crippen molar-refractivity contribution in [3.63, 3.8) is 0 Å². The van der Waals surface area contributed by atoms with Crippen LogP contribution in [0.25, 0.3) is 0 Å². The maximum atomic E-state index is 5.47. The van der Waals surface area contributed by atoms with Crippen molar-refractivity contribution in [3.05, 3.63) is 29.8 Å². The van der Waals surface area contributed by atoms with Crippen LogP contribution in [0.2, 0.25) is 0 Å². The molecule has 15 heavy (non-hydrogen) atoms. The average Bonchev–Trinajstić information content (AvgIpc) is 2.80. The second-order valence-corrected chi connectivity index (χ2v) is 3.15. The predicted molar refractivity (Wildman–Crippen MR) is 55.6 cm³/mol. The monoisotopic (exact) mass is 204 g/mol. The van der Waals surface area contributed by atoms with E-state index in [1.54, 1.807) is 0 Å². The van der Waals surface area contributed by atoms with Gasteiger partial charge < -0.3 is 14.2 Å². The average molecular weight is 204 g/mol. The fourth-order valence-corrected chi connectivity index (χ4v) is 1.32. The van der Waals surface area contributed by atoms with Crippen LogP contribution >= 0.6 is 0 Å². The molecule has 0 unspecified atom stereocenters. The highest BCUT2D eigenvalue weighted by atomic mass is 16.7. The van der Waals surface area contributed by atoms with Gasteiger partial charge in [0.05, 0.1) is 13.2 Å². The van der Waals surface area contributed by atoms with Gasteiger partial charge in [0.1, 0.15) is 12.4 Å². The quantitative estimate of drug-likeness (QED) is 0.697. The van der Waals surface area contributed by atoms with Crippen LogP contribution in [0.15, 0.2) is 24.3 Å². The number of hydrogen-bond donors (Lipinski definition) is 0. The largest absolute Gasteiger partial charge is 0.488 e. The van der Waals surface area contributed by atoms with Crippen molar-refractivity contribution in [1.29, 1.82) is 0 Å². The lowest BCUT2D eigenvalue weighted by Crippen LogP contribution is -2.18. The van der Waals surface area contributed by atoms with Crippen LogP contribution < -0.4 is 4.74 Å². The molecule has 0 amide bonds. The van der Waals surface area contributed by atoms with Crippen molar-refractivity contribution >= 4 is 0 Å². The molecule has 3 heteroatoms. The Bertz CT molecular complexity index is 344. The van der Waals surface area contributed by atoms with Gasteiger partial charge in [-0.3, -0.25) is 0 Å². The van der Waals surface area contributed by atoms with Crippen LogP contribution in [-0.4, -0.2) is 26.1 Å². The van der Waals surface area contributed by atoms with Crippen molar-refractivity contribution in [1.82, 2.24) is 0 Å². The van der Waals surface area contributed by atoms with E-state index in [-0.39, 0.29) is 6.29 Å². The van der Waals surface area contributed by atoms with Gasteiger partial charge in [-0.1, -0.05) is 5.92 Å². The van der Waals surface area contributed by atoms with Crippen molar-refractivity contribution in [2.24, 2.45) is 0 Å². The first-order valence-electron chi connectivity index (χ1n) is 4.81. The topological polar surface area (TPSA) is 27.7 Å². The van der Waals surface area contributed by atoms with Crippen LogP contribution in [-0.2, 0) is 9.47 Å². The van der Waals surface area contributed by atoms with Crippen LogP contribution in [0.1, 0.15) is 5.56 Å². The molecule has 0 saturated carbocycles. The summed E-state index contributed by atoms with van der Waals surface area (Å²) in [6, 6.07) is 7.35. The first-order chi connectivity index (χ1) is 7.38. The van der Waals surface area contributed by atoms with E-state index in [1.807, 2.05) is 24.3 Å². The summed E-state index contributed by atoms with van der Waals surface area (Å²) in [6.07, 6.45) is 5.00. The molecule has 0 spiro atoms. The molecule has 1 aliphatic heterocycles. The molecule has 0 aromatic heterocycles. The molecule has 1 aliphatic rings. The van der Waals surface area contributed by atoms with Gasteiger partial charge in [0.2, 0.25) is 0 Å². The molecule has 1 saturated heterocycles. The third-order valence-corrected chi connectivity index (χ3v) is 2.10. The van der Waals surface area contributed by atoms with Gasteiger partial charge in [-0.25, -0.2) is 0 Å². The van der Waals surface area contributed by atoms with Crippen LogP contribution in [0.5, 0.6) is 5.75 Å². The van der Waals surface area contributed by atoms with Crippen molar-refractivity contribution in [3.8, 4) is 18.1 Å². The van der Waals surface area contributed by atoms with Crippen LogP contribution in [0, 0.1) is 12.3 Å². The smallest absolute Gasteiger partial charge is 0.191 e. The first-order valence-corrected chi connectivity index (χ1v) is 4.81. The van der Waals surface area contributed by atoms with Gasteiger partial charge in [0, 0.05) is 5.56 Å². The van der Waals surface area contributed by atoms with E-state index >= 15 is 0 Å². The number of hydrogen-bond acceptors (Lipinski definition) is 3. The number of terminal acetylenes is 1. The van der Waals surface area contributed by atoms with E-state index in [0.717, 1.165) is 11.3 Å². The standard InChI is InChI=1S/C12H12O3/c1-2-10-3-5-11(6-4-10)15-9-12-13-7-8-14-12/h1,3-6,12H,7-9H2. The van der Waals surface area contributed by atoms with Crippen molar-refractivity contribution < 1.29 is 14.2 Å². The van der Waals surface area contributed by atoms with E-state index in [9.17, 15) is 0 Å². The fraction of sp³-hybridized carbons (Fsp3) is 0.333. The second kappa shape index (κ2) is 4.83. The summed E-state index contributed by atoms with van der Waals surface area (Å²) in [5.74, 6) is 3.32. The minimum absolute atomic E-state index is 0.239. The molecular formula is C12H12O3. The van der Waals surface area contributed by atoms with Crippen LogP contribution in [0.3, 0.4) is 0 Å². The molecule has 0 bridgehead atoms. The third kappa shape index (κ3) is 2.72. The van der Waals surface area contributed by atoms with Gasteiger partial charge in [-0.05, 0) is 24.3 Å². The zero-order valence-corrected chi connectivity index (χ0v) is 8.31. The molecular weight excluding hydrogens is 192 g/mol. The van der Waals surface area contributed by atoms with Gasteiger partial charge in [0.25, 0.3) is 0 Å². The Hall–Kier alpha value is -1.50. The maximum Gasteiger partial charge on any atom is 0.191 e. The Balaban J connectivity index is 1.85. The Morgan fingerprint density at radius 1 is 1.27 bits per heavy atom. The molecule has 0 N–H and O–H groups in total. The van der Waals surface area contributed by atoms with E-state index in [4.69, 9.17) is 20.6 Å². The minimum atomic E-state index is -0.239. The Morgan fingerprint density at radius 3 is 2.53 bits per heavy atom. The maximum absolute atomic E-state index is 5.47. The highest BCUT2D eigenvalue weighted by Gasteiger charge is 2.16. The highest BCUT2D eigenvalue weighted by molar-refractivity contribution is 5.36. The van der Waals surface area contributed by atoms with Gasteiger partial charge in [-0.2, -0.15) is 0 Å². The molecule has 78 valence electrons. The summed E-state index contributed by atoms with van der Waals surface area (Å²) >= 11 is 0. The second-order valence-electron chi connectivity index (χ2n) is 3.15. The van der Waals surface area contributed by atoms with E-state index in [2.05, 4.69) is 5.92 Å². The zero-order valence-electron chi connectivity index (χ0n) is 8.31. The summed E-state index contributed by atoms with van der Waals surface area (Å²) in [5, 5.41) is 0. The van der Waals surface area contributed by atoms with Gasteiger partial charge in [0.15, 0.2) is 6.29 Å². The molecule has 1 heterocycles. The summed E-state index contributed by atoms with van der Waals surface area (Å²) in [7, 11) is 0. The zero-order chi connectivity index (χ0) is 10.5. The normalized spacial score (nSPS) is 16.2. The fourth-order valence-electron chi connectivity index (χ4n) is 1.32. The lowest BCUT2D eigenvalue weighted by molar-refractivity contribution is -0.0684. The molecule has 1 aromatic carbocycles. The number of rotatable bonds is 3. The summed E-state index contributed by atoms with van der Waals surface area (Å²) in [6.45, 7) is 1.70. The van der Waals surface area contributed by atoms with Crippen molar-refractivity contribution in [2.75, 3.05) is 19.8 Å². The number of benzene rings is 1. The molecule has 2 rings (SSSR count). The molecule has 1 fully saturated rings. The molecule has 1 aromatic rings. The summed E-state index contributed by atoms with van der Waals surface area (Å²) in [4.78, 5) is 0. The highest BCUT2D eigenvalue weighted by Crippen LogP contribution is 2.13. The molecule has 0 radical (unpaired) electrons. The van der Waals surface area contributed by atoms with Gasteiger partial charge in [-0.15, -0.1) is 6.42 Å². The Labute approximate surface area is 89.0 Å². The molecule has 0 aliphatic carbocycles. The van der Waals surface area contributed by atoms with E-state index in [1.165, 1.54) is 0 Å². The summed E-state index contributed by atoms with van der Waals surface area (Å²) in [5.41, 5.74) is 0.843. The SMILES string of the molecule is C#Cc1ccc(OCC2OCCO2)cc1. The van der Waals surface area contributed by atoms with E-state index in [0.29, 0.717) is 19.8 Å². The minimum Gasteiger partial charge on any atom is -0.488 e. The first kappa shape index (κ1) is 10.0. The van der Waals surface area contributed by atoms with Gasteiger partial charge >= 0.3 is 0 Å².